The van der Waals surface area contributed by atoms with Gasteiger partial charge in [0, 0.05) is 6.04 Å². The van der Waals surface area contributed by atoms with Gasteiger partial charge >= 0.3 is 0 Å². The molecule has 1 aromatic heterocycles. The molecule has 0 spiro atoms. The van der Waals surface area contributed by atoms with Gasteiger partial charge in [0.1, 0.15) is 5.76 Å². The maximum atomic E-state index is 5.52. The lowest BCUT2D eigenvalue weighted by Crippen LogP contribution is -2.36. The molecule has 1 unspecified atom stereocenters. The average molecular weight is 300 g/mol. The molecule has 1 heterocycles. The Hall–Kier alpha value is -0.280. The second-order valence-electron chi connectivity index (χ2n) is 5.00. The minimum absolute atomic E-state index is 0.652. The van der Waals surface area contributed by atoms with Crippen LogP contribution in [0.5, 0.6) is 0 Å². The number of rotatable bonds is 5. The van der Waals surface area contributed by atoms with Crippen LogP contribution in [-0.2, 0) is 6.54 Å². The van der Waals surface area contributed by atoms with E-state index in [4.69, 9.17) is 4.42 Å². The summed E-state index contributed by atoms with van der Waals surface area (Å²) < 4.78 is 6.34. The van der Waals surface area contributed by atoms with Crippen LogP contribution in [0.1, 0.15) is 51.2 Å². The normalized spacial score (nSPS) is 19.4. The molecule has 3 heteroatoms. The van der Waals surface area contributed by atoms with Gasteiger partial charge in [-0.1, -0.05) is 26.2 Å². The number of halogens is 1. The van der Waals surface area contributed by atoms with Crippen LogP contribution in [0.25, 0.3) is 0 Å². The lowest BCUT2D eigenvalue weighted by molar-refractivity contribution is 0.256. The van der Waals surface area contributed by atoms with Gasteiger partial charge in [0.2, 0.25) is 0 Å². The Labute approximate surface area is 112 Å². The van der Waals surface area contributed by atoms with E-state index in [9.17, 15) is 0 Å². The van der Waals surface area contributed by atoms with Gasteiger partial charge in [0.25, 0.3) is 0 Å². The molecule has 1 fully saturated rings. The molecule has 1 aliphatic rings. The van der Waals surface area contributed by atoms with Crippen LogP contribution in [0, 0.1) is 5.92 Å². The number of furan rings is 1. The number of hydrogen-bond donors (Lipinski definition) is 1. The molecule has 1 aliphatic carbocycles. The maximum absolute atomic E-state index is 5.52. The van der Waals surface area contributed by atoms with E-state index in [1.165, 1.54) is 38.5 Å². The SMILES string of the molecule is CCC(NCc1ccc(Br)o1)C1CCCCC1. The highest BCUT2D eigenvalue weighted by molar-refractivity contribution is 9.10. The molecule has 0 aromatic carbocycles. The molecule has 2 nitrogen and oxygen atoms in total. The van der Waals surface area contributed by atoms with Gasteiger partial charge in [0.05, 0.1) is 6.54 Å². The topological polar surface area (TPSA) is 25.2 Å². The van der Waals surface area contributed by atoms with Gasteiger partial charge in [-0.2, -0.15) is 0 Å². The first-order valence-corrected chi connectivity index (χ1v) is 7.56. The van der Waals surface area contributed by atoms with Crippen molar-refractivity contribution in [3.8, 4) is 0 Å². The summed E-state index contributed by atoms with van der Waals surface area (Å²) in [5, 5.41) is 3.65. The van der Waals surface area contributed by atoms with E-state index in [2.05, 4.69) is 28.2 Å². The van der Waals surface area contributed by atoms with E-state index in [-0.39, 0.29) is 0 Å². The summed E-state index contributed by atoms with van der Waals surface area (Å²) in [7, 11) is 0. The van der Waals surface area contributed by atoms with Crippen molar-refractivity contribution in [3.05, 3.63) is 22.6 Å². The average Bonchev–Trinajstić information content (AvgIpc) is 2.77. The van der Waals surface area contributed by atoms with Crippen molar-refractivity contribution in [3.63, 3.8) is 0 Å². The smallest absolute Gasteiger partial charge is 0.169 e. The van der Waals surface area contributed by atoms with Crippen LogP contribution < -0.4 is 5.32 Å². The van der Waals surface area contributed by atoms with Gasteiger partial charge in [-0.25, -0.2) is 0 Å². The van der Waals surface area contributed by atoms with Gasteiger partial charge in [-0.3, -0.25) is 0 Å². The minimum atomic E-state index is 0.652. The molecule has 1 aromatic rings. The largest absolute Gasteiger partial charge is 0.453 e. The summed E-state index contributed by atoms with van der Waals surface area (Å²) in [6, 6.07) is 4.64. The Morgan fingerprint density at radius 1 is 1.35 bits per heavy atom. The first-order chi connectivity index (χ1) is 8.29. The van der Waals surface area contributed by atoms with E-state index in [0.29, 0.717) is 6.04 Å². The third-order valence-electron chi connectivity index (χ3n) is 3.83. The third-order valence-corrected chi connectivity index (χ3v) is 4.25. The molecule has 1 saturated carbocycles. The van der Waals surface area contributed by atoms with Crippen LogP contribution >= 0.6 is 15.9 Å². The molecule has 17 heavy (non-hydrogen) atoms. The summed E-state index contributed by atoms with van der Waals surface area (Å²) in [6.45, 7) is 3.13. The molecule has 0 saturated heterocycles. The summed E-state index contributed by atoms with van der Waals surface area (Å²) >= 11 is 3.34. The third kappa shape index (κ3) is 3.85. The van der Waals surface area contributed by atoms with E-state index in [1.54, 1.807) is 0 Å². The van der Waals surface area contributed by atoms with Crippen LogP contribution in [0.3, 0.4) is 0 Å². The molecular weight excluding hydrogens is 278 g/mol. The molecule has 1 atom stereocenters. The summed E-state index contributed by atoms with van der Waals surface area (Å²) in [5.74, 6) is 1.89. The minimum Gasteiger partial charge on any atom is -0.453 e. The van der Waals surface area contributed by atoms with Crippen molar-refractivity contribution < 1.29 is 4.42 Å². The Bertz CT molecular complexity index is 331. The summed E-state index contributed by atoms with van der Waals surface area (Å²) in [5.41, 5.74) is 0. The van der Waals surface area contributed by atoms with Crippen molar-refractivity contribution in [2.45, 2.75) is 58.0 Å². The quantitative estimate of drug-likeness (QED) is 0.866. The monoisotopic (exact) mass is 299 g/mol. The lowest BCUT2D eigenvalue weighted by atomic mass is 9.83. The van der Waals surface area contributed by atoms with Gasteiger partial charge in [-0.05, 0) is 53.2 Å². The molecule has 0 amide bonds. The Balaban J connectivity index is 1.82. The van der Waals surface area contributed by atoms with E-state index in [1.807, 2.05) is 12.1 Å². The van der Waals surface area contributed by atoms with E-state index in [0.717, 1.165) is 22.9 Å². The Kier molecular flexibility index (Phi) is 5.11. The predicted molar refractivity (Wildman–Crippen MR) is 73.9 cm³/mol. The summed E-state index contributed by atoms with van der Waals surface area (Å²) in [4.78, 5) is 0. The zero-order chi connectivity index (χ0) is 12.1. The fourth-order valence-corrected chi connectivity index (χ4v) is 3.20. The highest BCUT2D eigenvalue weighted by Crippen LogP contribution is 2.28. The fraction of sp³-hybridized carbons (Fsp3) is 0.714. The second-order valence-corrected chi connectivity index (χ2v) is 5.78. The first-order valence-electron chi connectivity index (χ1n) is 6.77. The molecule has 96 valence electrons. The zero-order valence-electron chi connectivity index (χ0n) is 10.5. The van der Waals surface area contributed by atoms with Crippen LogP contribution in [0.2, 0.25) is 0 Å². The second kappa shape index (κ2) is 6.60. The lowest BCUT2D eigenvalue weighted by Gasteiger charge is -2.30. The highest BCUT2D eigenvalue weighted by Gasteiger charge is 2.21. The number of hydrogen-bond acceptors (Lipinski definition) is 2. The zero-order valence-corrected chi connectivity index (χ0v) is 12.1. The molecule has 0 aliphatic heterocycles. The van der Waals surface area contributed by atoms with Gasteiger partial charge < -0.3 is 9.73 Å². The van der Waals surface area contributed by atoms with Crippen LogP contribution in [0.15, 0.2) is 21.2 Å². The predicted octanol–water partition coefficient (Wildman–Crippen LogP) is 4.49. The Morgan fingerprint density at radius 3 is 2.71 bits per heavy atom. The standard InChI is InChI=1S/C14H22BrNO/c1-2-13(11-6-4-3-5-7-11)16-10-12-8-9-14(15)17-12/h8-9,11,13,16H,2-7,10H2,1H3. The molecule has 0 bridgehead atoms. The molecule has 0 radical (unpaired) electrons. The van der Waals surface area contributed by atoms with Crippen molar-refractivity contribution in [1.29, 1.82) is 0 Å². The van der Waals surface area contributed by atoms with Gasteiger partial charge in [-0.15, -0.1) is 0 Å². The van der Waals surface area contributed by atoms with Crippen molar-refractivity contribution in [2.75, 3.05) is 0 Å². The van der Waals surface area contributed by atoms with E-state index >= 15 is 0 Å². The highest BCUT2D eigenvalue weighted by atomic mass is 79.9. The number of nitrogens with one attached hydrogen (secondary N) is 1. The van der Waals surface area contributed by atoms with Gasteiger partial charge in [0.15, 0.2) is 4.67 Å². The van der Waals surface area contributed by atoms with Crippen LogP contribution in [-0.4, -0.2) is 6.04 Å². The van der Waals surface area contributed by atoms with E-state index < -0.39 is 0 Å². The van der Waals surface area contributed by atoms with Crippen molar-refractivity contribution in [1.82, 2.24) is 5.32 Å². The fourth-order valence-electron chi connectivity index (χ4n) is 2.86. The Morgan fingerprint density at radius 2 is 2.12 bits per heavy atom. The molecule has 1 N–H and O–H groups in total. The van der Waals surface area contributed by atoms with Crippen LogP contribution in [0.4, 0.5) is 0 Å². The van der Waals surface area contributed by atoms with Crippen molar-refractivity contribution in [2.24, 2.45) is 5.92 Å². The first kappa shape index (κ1) is 13.2. The maximum Gasteiger partial charge on any atom is 0.169 e. The summed E-state index contributed by atoms with van der Waals surface area (Å²) in [6.07, 6.45) is 8.26. The molecule has 2 rings (SSSR count). The van der Waals surface area contributed by atoms with Crippen molar-refractivity contribution >= 4 is 15.9 Å². The molecular formula is C14H22BrNO.